The molecule has 1 amide bonds. The first-order valence-corrected chi connectivity index (χ1v) is 10.3. The molecule has 2 aromatic rings. The summed E-state index contributed by atoms with van der Waals surface area (Å²) in [5.41, 5.74) is 2.93. The largest absolute Gasteiger partial charge is 0.349 e. The van der Waals surface area contributed by atoms with Gasteiger partial charge in [-0.05, 0) is 81.0 Å². The molecule has 0 saturated heterocycles. The summed E-state index contributed by atoms with van der Waals surface area (Å²) in [6, 6.07) is 11.7. The van der Waals surface area contributed by atoms with Crippen molar-refractivity contribution in [2.24, 2.45) is 5.92 Å². The summed E-state index contributed by atoms with van der Waals surface area (Å²) in [5, 5.41) is 2.97. The van der Waals surface area contributed by atoms with E-state index in [1.54, 1.807) is 18.2 Å². The molecular weight excluding hydrogens is 348 g/mol. The Morgan fingerprint density at radius 2 is 1.73 bits per heavy atom. The maximum atomic E-state index is 12.6. The molecule has 6 heteroatoms. The van der Waals surface area contributed by atoms with Crippen LogP contribution >= 0.6 is 0 Å². The van der Waals surface area contributed by atoms with Gasteiger partial charge in [-0.3, -0.25) is 9.52 Å². The predicted octanol–water partition coefficient (Wildman–Crippen LogP) is 3.63. The number of hydrogen-bond acceptors (Lipinski definition) is 3. The van der Waals surface area contributed by atoms with Crippen molar-refractivity contribution in [2.75, 3.05) is 4.72 Å². The van der Waals surface area contributed by atoms with E-state index < -0.39 is 10.0 Å². The minimum absolute atomic E-state index is 0.130. The third-order valence-electron chi connectivity index (χ3n) is 4.96. The van der Waals surface area contributed by atoms with Gasteiger partial charge in [0.15, 0.2) is 0 Å². The number of nitrogens with one attached hydrogen (secondary N) is 2. The summed E-state index contributed by atoms with van der Waals surface area (Å²) >= 11 is 0. The smallest absolute Gasteiger partial charge is 0.261 e. The van der Waals surface area contributed by atoms with E-state index in [-0.39, 0.29) is 16.8 Å². The fourth-order valence-electron chi connectivity index (χ4n) is 2.85. The third-order valence-corrected chi connectivity index (χ3v) is 6.35. The van der Waals surface area contributed by atoms with Crippen molar-refractivity contribution in [2.45, 2.75) is 44.6 Å². The van der Waals surface area contributed by atoms with Gasteiger partial charge in [-0.2, -0.15) is 0 Å². The average Bonchev–Trinajstić information content (AvgIpc) is 3.44. The van der Waals surface area contributed by atoms with Crippen LogP contribution in [0.3, 0.4) is 0 Å². The number of anilines is 1. The van der Waals surface area contributed by atoms with Crippen molar-refractivity contribution in [3.63, 3.8) is 0 Å². The van der Waals surface area contributed by atoms with Crippen molar-refractivity contribution in [1.82, 2.24) is 5.32 Å². The fourth-order valence-corrected chi connectivity index (χ4v) is 3.98. The van der Waals surface area contributed by atoms with Gasteiger partial charge in [-0.15, -0.1) is 0 Å². The number of benzene rings is 2. The van der Waals surface area contributed by atoms with Crippen LogP contribution in [0.2, 0.25) is 0 Å². The van der Waals surface area contributed by atoms with Crippen molar-refractivity contribution >= 4 is 21.6 Å². The fraction of sp³-hybridized carbons (Fsp3) is 0.350. The van der Waals surface area contributed by atoms with Gasteiger partial charge in [0.25, 0.3) is 15.9 Å². The number of carbonyl (C=O) groups is 1. The molecule has 1 aliphatic carbocycles. The monoisotopic (exact) mass is 372 g/mol. The molecule has 2 N–H and O–H groups in total. The zero-order valence-corrected chi connectivity index (χ0v) is 16.1. The molecule has 0 bridgehead atoms. The molecule has 1 fully saturated rings. The minimum Gasteiger partial charge on any atom is -0.349 e. The van der Waals surface area contributed by atoms with Crippen molar-refractivity contribution in [3.05, 3.63) is 59.2 Å². The zero-order valence-electron chi connectivity index (χ0n) is 15.2. The van der Waals surface area contributed by atoms with Gasteiger partial charge in [0.1, 0.15) is 0 Å². The third kappa shape index (κ3) is 4.07. The Balaban J connectivity index is 1.74. The molecular formula is C20H24N2O3S. The lowest BCUT2D eigenvalue weighted by Gasteiger charge is -2.14. The first-order chi connectivity index (χ1) is 12.3. The van der Waals surface area contributed by atoms with Crippen LogP contribution in [-0.2, 0) is 10.0 Å². The van der Waals surface area contributed by atoms with Crippen LogP contribution in [0.1, 0.15) is 41.3 Å². The lowest BCUT2D eigenvalue weighted by molar-refractivity contribution is 0.0935. The Kier molecular flexibility index (Phi) is 5.05. The maximum Gasteiger partial charge on any atom is 0.261 e. The average molecular weight is 372 g/mol. The molecule has 1 atom stereocenters. The predicted molar refractivity (Wildman–Crippen MR) is 103 cm³/mol. The van der Waals surface area contributed by atoms with E-state index in [2.05, 4.69) is 10.0 Å². The van der Waals surface area contributed by atoms with Crippen LogP contribution in [0, 0.1) is 19.8 Å². The normalized spacial score (nSPS) is 15.3. The molecule has 138 valence electrons. The number of aryl methyl sites for hydroxylation is 1. The Morgan fingerprint density at radius 3 is 2.35 bits per heavy atom. The molecule has 5 nitrogen and oxygen atoms in total. The van der Waals surface area contributed by atoms with Crippen LogP contribution in [0.5, 0.6) is 0 Å². The zero-order chi connectivity index (χ0) is 18.9. The Bertz CT molecular complexity index is 917. The Morgan fingerprint density at radius 1 is 1.08 bits per heavy atom. The van der Waals surface area contributed by atoms with Gasteiger partial charge in [0.05, 0.1) is 10.6 Å². The molecule has 3 rings (SSSR count). The van der Waals surface area contributed by atoms with Crippen LogP contribution in [0.4, 0.5) is 5.69 Å². The highest BCUT2D eigenvalue weighted by Gasteiger charge is 2.29. The second-order valence-corrected chi connectivity index (χ2v) is 8.66. The van der Waals surface area contributed by atoms with E-state index in [1.807, 2.05) is 32.9 Å². The number of rotatable bonds is 6. The van der Waals surface area contributed by atoms with E-state index in [9.17, 15) is 13.2 Å². The summed E-state index contributed by atoms with van der Waals surface area (Å²) in [6.07, 6.45) is 2.31. The molecule has 1 aliphatic rings. The highest BCUT2D eigenvalue weighted by molar-refractivity contribution is 7.92. The lowest BCUT2D eigenvalue weighted by Crippen LogP contribution is -2.33. The van der Waals surface area contributed by atoms with Crippen LogP contribution in [0.25, 0.3) is 0 Å². The van der Waals surface area contributed by atoms with Crippen LogP contribution < -0.4 is 10.0 Å². The van der Waals surface area contributed by atoms with Crippen LogP contribution in [0.15, 0.2) is 47.4 Å². The Hall–Kier alpha value is -2.34. The number of amides is 1. The van der Waals surface area contributed by atoms with E-state index in [0.717, 1.165) is 24.0 Å². The van der Waals surface area contributed by atoms with Gasteiger partial charge in [0, 0.05) is 11.6 Å². The van der Waals surface area contributed by atoms with E-state index in [1.165, 1.54) is 12.1 Å². The summed E-state index contributed by atoms with van der Waals surface area (Å²) < 4.78 is 27.8. The number of hydrogen-bond donors (Lipinski definition) is 2. The van der Waals surface area contributed by atoms with Gasteiger partial charge in [0.2, 0.25) is 0 Å². The second-order valence-electron chi connectivity index (χ2n) is 6.98. The van der Waals surface area contributed by atoms with Crippen molar-refractivity contribution < 1.29 is 13.2 Å². The van der Waals surface area contributed by atoms with Gasteiger partial charge >= 0.3 is 0 Å². The first-order valence-electron chi connectivity index (χ1n) is 8.78. The topological polar surface area (TPSA) is 75.3 Å². The quantitative estimate of drug-likeness (QED) is 0.813. The Labute approximate surface area is 154 Å². The van der Waals surface area contributed by atoms with E-state index in [4.69, 9.17) is 0 Å². The standard InChI is InChI=1S/C20H24N2O3S/c1-13-5-4-6-19(14(13)2)22-26(24,25)18-11-9-17(10-12-18)20(23)21-15(3)16-7-8-16/h4-6,9-12,15-16,22H,7-8H2,1-3H3,(H,21,23). The van der Waals surface area contributed by atoms with E-state index >= 15 is 0 Å². The minimum atomic E-state index is -3.70. The highest BCUT2D eigenvalue weighted by atomic mass is 32.2. The lowest BCUT2D eigenvalue weighted by atomic mass is 10.1. The molecule has 26 heavy (non-hydrogen) atoms. The first kappa shape index (κ1) is 18.5. The second kappa shape index (κ2) is 7.11. The highest BCUT2D eigenvalue weighted by Crippen LogP contribution is 2.32. The molecule has 0 heterocycles. The van der Waals surface area contributed by atoms with Gasteiger partial charge in [-0.25, -0.2) is 8.42 Å². The van der Waals surface area contributed by atoms with E-state index in [0.29, 0.717) is 17.2 Å². The van der Waals surface area contributed by atoms with Crippen molar-refractivity contribution in [1.29, 1.82) is 0 Å². The molecule has 0 radical (unpaired) electrons. The molecule has 2 aromatic carbocycles. The maximum absolute atomic E-state index is 12.6. The number of sulfonamides is 1. The van der Waals surface area contributed by atoms with Crippen LogP contribution in [-0.4, -0.2) is 20.4 Å². The molecule has 0 spiro atoms. The molecule has 0 aromatic heterocycles. The molecule has 1 unspecified atom stereocenters. The van der Waals surface area contributed by atoms with Gasteiger partial charge < -0.3 is 5.32 Å². The summed E-state index contributed by atoms with van der Waals surface area (Å²) in [5.74, 6) is 0.399. The number of carbonyl (C=O) groups excluding carboxylic acids is 1. The summed E-state index contributed by atoms with van der Waals surface area (Å²) in [7, 11) is -3.70. The van der Waals surface area contributed by atoms with Crippen molar-refractivity contribution in [3.8, 4) is 0 Å². The summed E-state index contributed by atoms with van der Waals surface area (Å²) in [4.78, 5) is 12.4. The molecule has 0 aliphatic heterocycles. The SMILES string of the molecule is Cc1cccc(NS(=O)(=O)c2ccc(C(=O)NC(C)C3CC3)cc2)c1C. The summed E-state index contributed by atoms with van der Waals surface area (Å²) in [6.45, 7) is 5.81. The molecule has 1 saturated carbocycles. The van der Waals surface area contributed by atoms with Gasteiger partial charge in [-0.1, -0.05) is 12.1 Å².